The highest BCUT2D eigenvalue weighted by Crippen LogP contribution is 2.14. The fourth-order valence-corrected chi connectivity index (χ4v) is 1.99. The van der Waals surface area contributed by atoms with Gasteiger partial charge in [0.1, 0.15) is 11.9 Å². The molecule has 0 aliphatic carbocycles. The van der Waals surface area contributed by atoms with Crippen molar-refractivity contribution in [3.8, 4) is 6.07 Å². The highest BCUT2D eigenvalue weighted by molar-refractivity contribution is 5.50. The van der Waals surface area contributed by atoms with Crippen molar-refractivity contribution < 1.29 is 0 Å². The number of hydrogen-bond donors (Lipinski definition) is 2. The molecule has 0 radical (unpaired) electrons. The monoisotopic (exact) mass is 216 g/mol. The van der Waals surface area contributed by atoms with Gasteiger partial charge in [-0.05, 0) is 44.0 Å². The lowest BCUT2D eigenvalue weighted by atomic mass is 10.1. The van der Waals surface area contributed by atoms with Crippen LogP contribution in [0.25, 0.3) is 0 Å². The van der Waals surface area contributed by atoms with Crippen LogP contribution in [0.1, 0.15) is 18.4 Å². The standard InChI is InChI=1S/C12H16N4/c13-8-11-2-1-5-15-12(11)16-7-4-10-3-6-14-9-10/h1-2,5,10,14H,3-4,6-7,9H2,(H,15,16). The molecule has 2 N–H and O–H groups in total. The predicted molar refractivity (Wildman–Crippen MR) is 63.0 cm³/mol. The summed E-state index contributed by atoms with van der Waals surface area (Å²) in [5.74, 6) is 1.47. The van der Waals surface area contributed by atoms with Gasteiger partial charge in [0.15, 0.2) is 0 Å². The van der Waals surface area contributed by atoms with Crippen LogP contribution in [-0.2, 0) is 0 Å². The Morgan fingerprint density at radius 2 is 2.56 bits per heavy atom. The molecule has 1 aromatic heterocycles. The van der Waals surface area contributed by atoms with E-state index in [1.54, 1.807) is 18.3 Å². The first-order chi connectivity index (χ1) is 7.90. The molecule has 1 aromatic rings. The van der Waals surface area contributed by atoms with E-state index in [9.17, 15) is 0 Å². The van der Waals surface area contributed by atoms with Crippen LogP contribution in [-0.4, -0.2) is 24.6 Å². The predicted octanol–water partition coefficient (Wildman–Crippen LogP) is 1.36. The van der Waals surface area contributed by atoms with Crippen LogP contribution in [0.4, 0.5) is 5.82 Å². The van der Waals surface area contributed by atoms with Crippen LogP contribution >= 0.6 is 0 Å². The molecule has 2 rings (SSSR count). The minimum Gasteiger partial charge on any atom is -0.369 e. The van der Waals surface area contributed by atoms with Crippen LogP contribution < -0.4 is 10.6 Å². The number of pyridine rings is 1. The summed E-state index contributed by atoms with van der Waals surface area (Å²) in [5.41, 5.74) is 0.618. The summed E-state index contributed by atoms with van der Waals surface area (Å²) in [5, 5.41) is 15.5. The number of nitriles is 1. The van der Waals surface area contributed by atoms with Gasteiger partial charge in [0.25, 0.3) is 0 Å². The van der Waals surface area contributed by atoms with Gasteiger partial charge in [-0.1, -0.05) is 0 Å². The molecule has 0 amide bonds. The molecule has 0 saturated carbocycles. The number of aromatic nitrogens is 1. The Morgan fingerprint density at radius 1 is 1.62 bits per heavy atom. The Balaban J connectivity index is 1.82. The summed E-state index contributed by atoms with van der Waals surface area (Å²) in [7, 11) is 0. The van der Waals surface area contributed by atoms with Crippen molar-refractivity contribution in [3.05, 3.63) is 23.9 Å². The third-order valence-corrected chi connectivity index (χ3v) is 2.94. The lowest BCUT2D eigenvalue weighted by molar-refractivity contribution is 0.549. The second-order valence-corrected chi connectivity index (χ2v) is 4.09. The van der Waals surface area contributed by atoms with Crippen molar-refractivity contribution >= 4 is 5.82 Å². The molecular weight excluding hydrogens is 200 g/mol. The van der Waals surface area contributed by atoms with Gasteiger partial charge in [-0.25, -0.2) is 4.98 Å². The highest BCUT2D eigenvalue weighted by Gasteiger charge is 2.13. The maximum absolute atomic E-state index is 8.89. The molecule has 1 atom stereocenters. The normalized spacial score (nSPS) is 19.3. The molecule has 1 fully saturated rings. The van der Waals surface area contributed by atoms with Gasteiger partial charge in [0, 0.05) is 12.7 Å². The van der Waals surface area contributed by atoms with E-state index >= 15 is 0 Å². The van der Waals surface area contributed by atoms with Gasteiger partial charge >= 0.3 is 0 Å². The summed E-state index contributed by atoms with van der Waals surface area (Å²) < 4.78 is 0. The first-order valence-electron chi connectivity index (χ1n) is 5.70. The van der Waals surface area contributed by atoms with Gasteiger partial charge < -0.3 is 10.6 Å². The number of rotatable bonds is 4. The van der Waals surface area contributed by atoms with Crippen molar-refractivity contribution in [3.63, 3.8) is 0 Å². The number of nitrogens with one attached hydrogen (secondary N) is 2. The van der Waals surface area contributed by atoms with E-state index < -0.39 is 0 Å². The molecule has 16 heavy (non-hydrogen) atoms. The fraction of sp³-hybridized carbons (Fsp3) is 0.500. The average molecular weight is 216 g/mol. The maximum Gasteiger partial charge on any atom is 0.143 e. The molecule has 1 unspecified atom stereocenters. The van der Waals surface area contributed by atoms with Gasteiger partial charge in [-0.3, -0.25) is 0 Å². The minimum atomic E-state index is 0.618. The lowest BCUT2D eigenvalue weighted by Crippen LogP contribution is -2.13. The van der Waals surface area contributed by atoms with Crippen molar-refractivity contribution in [2.24, 2.45) is 5.92 Å². The molecule has 4 heteroatoms. The first kappa shape index (κ1) is 10.9. The van der Waals surface area contributed by atoms with E-state index in [-0.39, 0.29) is 0 Å². The molecule has 0 spiro atoms. The largest absolute Gasteiger partial charge is 0.369 e. The molecule has 1 aliphatic heterocycles. The van der Waals surface area contributed by atoms with Crippen LogP contribution in [0.15, 0.2) is 18.3 Å². The van der Waals surface area contributed by atoms with E-state index in [0.717, 1.165) is 32.0 Å². The Bertz CT molecular complexity index is 377. The minimum absolute atomic E-state index is 0.618. The summed E-state index contributed by atoms with van der Waals surface area (Å²) in [6.07, 6.45) is 4.10. The molecule has 2 heterocycles. The van der Waals surface area contributed by atoms with Crippen molar-refractivity contribution in [1.29, 1.82) is 5.26 Å². The van der Waals surface area contributed by atoms with Gasteiger partial charge in [0.05, 0.1) is 5.56 Å². The first-order valence-corrected chi connectivity index (χ1v) is 5.70. The Hall–Kier alpha value is -1.60. The second-order valence-electron chi connectivity index (χ2n) is 4.09. The van der Waals surface area contributed by atoms with E-state index in [0.29, 0.717) is 11.4 Å². The second kappa shape index (κ2) is 5.47. The SMILES string of the molecule is N#Cc1cccnc1NCCC1CCNC1. The molecule has 1 saturated heterocycles. The molecule has 84 valence electrons. The van der Waals surface area contributed by atoms with Crippen LogP contribution in [0.2, 0.25) is 0 Å². The van der Waals surface area contributed by atoms with Gasteiger partial charge in [-0.2, -0.15) is 5.26 Å². The van der Waals surface area contributed by atoms with E-state index in [1.165, 1.54) is 6.42 Å². The molecule has 4 nitrogen and oxygen atoms in total. The summed E-state index contributed by atoms with van der Waals surface area (Å²) in [6, 6.07) is 5.70. The smallest absolute Gasteiger partial charge is 0.143 e. The summed E-state index contributed by atoms with van der Waals surface area (Å²) >= 11 is 0. The molecule has 0 bridgehead atoms. The summed E-state index contributed by atoms with van der Waals surface area (Å²) in [4.78, 5) is 4.16. The van der Waals surface area contributed by atoms with Gasteiger partial charge in [0.2, 0.25) is 0 Å². The van der Waals surface area contributed by atoms with Crippen LogP contribution in [0.3, 0.4) is 0 Å². The molecular formula is C12H16N4. The zero-order chi connectivity index (χ0) is 11.2. The van der Waals surface area contributed by atoms with Crippen molar-refractivity contribution in [1.82, 2.24) is 10.3 Å². The van der Waals surface area contributed by atoms with E-state index in [4.69, 9.17) is 5.26 Å². The zero-order valence-corrected chi connectivity index (χ0v) is 9.24. The van der Waals surface area contributed by atoms with Crippen molar-refractivity contribution in [2.45, 2.75) is 12.8 Å². The van der Waals surface area contributed by atoms with Crippen LogP contribution in [0.5, 0.6) is 0 Å². The Morgan fingerprint density at radius 3 is 3.31 bits per heavy atom. The van der Waals surface area contributed by atoms with Gasteiger partial charge in [-0.15, -0.1) is 0 Å². The van der Waals surface area contributed by atoms with E-state index in [2.05, 4.69) is 21.7 Å². The quantitative estimate of drug-likeness (QED) is 0.798. The fourth-order valence-electron chi connectivity index (χ4n) is 1.99. The number of nitrogens with zero attached hydrogens (tertiary/aromatic N) is 2. The Labute approximate surface area is 95.7 Å². The molecule has 0 aromatic carbocycles. The number of hydrogen-bond acceptors (Lipinski definition) is 4. The maximum atomic E-state index is 8.89. The summed E-state index contributed by atoms with van der Waals surface area (Å²) in [6.45, 7) is 3.14. The van der Waals surface area contributed by atoms with E-state index in [1.807, 2.05) is 0 Å². The Kier molecular flexibility index (Phi) is 3.73. The van der Waals surface area contributed by atoms with Crippen molar-refractivity contribution in [2.75, 3.05) is 25.0 Å². The zero-order valence-electron chi connectivity index (χ0n) is 9.24. The topological polar surface area (TPSA) is 60.7 Å². The third kappa shape index (κ3) is 2.71. The average Bonchev–Trinajstić information content (AvgIpc) is 2.83. The van der Waals surface area contributed by atoms with Crippen LogP contribution in [0, 0.1) is 17.2 Å². The third-order valence-electron chi connectivity index (χ3n) is 2.94. The lowest BCUT2D eigenvalue weighted by Gasteiger charge is -2.10. The molecule has 1 aliphatic rings. The number of anilines is 1. The highest BCUT2D eigenvalue weighted by atomic mass is 15.0.